The van der Waals surface area contributed by atoms with E-state index in [4.69, 9.17) is 16.3 Å². The number of methoxy groups -OCH3 is 1. The van der Waals surface area contributed by atoms with Gasteiger partial charge in [-0.15, -0.1) is 0 Å². The molecule has 1 aromatic carbocycles. The Morgan fingerprint density at radius 3 is 2.81 bits per heavy atom. The van der Waals surface area contributed by atoms with E-state index in [1.54, 1.807) is 12.1 Å². The minimum Gasteiger partial charge on any atom is -0.465 e. The van der Waals surface area contributed by atoms with E-state index in [-0.39, 0.29) is 23.4 Å². The van der Waals surface area contributed by atoms with Crippen molar-refractivity contribution in [3.63, 3.8) is 0 Å². The van der Waals surface area contributed by atoms with Gasteiger partial charge in [0.05, 0.1) is 24.3 Å². The Hall–Kier alpha value is -1.59. The van der Waals surface area contributed by atoms with Gasteiger partial charge in [0.2, 0.25) is 5.91 Å². The van der Waals surface area contributed by atoms with Crippen LogP contribution >= 0.6 is 11.6 Å². The van der Waals surface area contributed by atoms with Crippen LogP contribution in [0.1, 0.15) is 29.6 Å². The van der Waals surface area contributed by atoms with E-state index < -0.39 is 5.97 Å². The Morgan fingerprint density at radius 1 is 1.38 bits per heavy atom. The van der Waals surface area contributed by atoms with Crippen LogP contribution in [0.4, 0.5) is 5.69 Å². The second kappa shape index (κ2) is 5.66. The summed E-state index contributed by atoms with van der Waals surface area (Å²) in [5, 5.41) is 6.70. The highest BCUT2D eigenvalue weighted by atomic mass is 35.5. The first-order valence-corrected chi connectivity index (χ1v) is 7.41. The monoisotopic (exact) mass is 308 g/mol. The average Bonchev–Trinajstić information content (AvgIpc) is 3.11. The molecule has 2 fully saturated rings. The quantitative estimate of drug-likeness (QED) is 0.840. The van der Waals surface area contributed by atoms with Crippen molar-refractivity contribution in [2.24, 2.45) is 5.92 Å². The van der Waals surface area contributed by atoms with Crippen LogP contribution in [0.2, 0.25) is 5.02 Å². The second-order valence-corrected chi connectivity index (χ2v) is 6.00. The molecule has 0 aliphatic carbocycles. The molecule has 2 bridgehead atoms. The van der Waals surface area contributed by atoms with Gasteiger partial charge in [0.25, 0.3) is 0 Å². The summed E-state index contributed by atoms with van der Waals surface area (Å²) in [6.07, 6.45) is 3.04. The van der Waals surface area contributed by atoms with Crippen LogP contribution in [0.3, 0.4) is 0 Å². The summed E-state index contributed by atoms with van der Waals surface area (Å²) >= 11 is 5.90. The molecule has 0 radical (unpaired) electrons. The van der Waals surface area contributed by atoms with Gasteiger partial charge in [-0.2, -0.15) is 0 Å². The molecule has 2 heterocycles. The number of nitrogens with one attached hydrogen (secondary N) is 2. The van der Waals surface area contributed by atoms with Crippen molar-refractivity contribution in [3.8, 4) is 0 Å². The largest absolute Gasteiger partial charge is 0.465 e. The van der Waals surface area contributed by atoms with Gasteiger partial charge in [-0.25, -0.2) is 4.79 Å². The lowest BCUT2D eigenvalue weighted by atomic mass is 9.88. The van der Waals surface area contributed by atoms with Gasteiger partial charge in [0.1, 0.15) is 0 Å². The highest BCUT2D eigenvalue weighted by molar-refractivity contribution is 6.31. The highest BCUT2D eigenvalue weighted by Gasteiger charge is 2.42. The number of amides is 1. The maximum atomic E-state index is 12.4. The Kier molecular flexibility index (Phi) is 3.87. The molecule has 0 saturated carbocycles. The van der Waals surface area contributed by atoms with Crippen LogP contribution < -0.4 is 10.6 Å². The molecule has 1 amide bonds. The lowest BCUT2D eigenvalue weighted by molar-refractivity contribution is -0.120. The molecule has 2 aliphatic rings. The Morgan fingerprint density at radius 2 is 2.19 bits per heavy atom. The minimum absolute atomic E-state index is 0.0371. The topological polar surface area (TPSA) is 67.4 Å². The van der Waals surface area contributed by atoms with E-state index >= 15 is 0 Å². The molecule has 2 aliphatic heterocycles. The Labute approximate surface area is 128 Å². The molecule has 21 heavy (non-hydrogen) atoms. The maximum Gasteiger partial charge on any atom is 0.340 e. The fourth-order valence-electron chi connectivity index (χ4n) is 3.24. The van der Waals surface area contributed by atoms with Crippen LogP contribution in [-0.2, 0) is 9.53 Å². The van der Waals surface area contributed by atoms with E-state index in [9.17, 15) is 9.59 Å². The average molecular weight is 309 g/mol. The third-order valence-corrected chi connectivity index (χ3v) is 4.52. The lowest BCUT2D eigenvalue weighted by Crippen LogP contribution is -2.33. The van der Waals surface area contributed by atoms with Gasteiger partial charge in [-0.3, -0.25) is 4.79 Å². The third-order valence-electron chi connectivity index (χ3n) is 4.28. The lowest BCUT2D eigenvalue weighted by Gasteiger charge is -2.20. The molecule has 3 rings (SSSR count). The summed E-state index contributed by atoms with van der Waals surface area (Å²) < 4.78 is 4.73. The van der Waals surface area contributed by atoms with E-state index in [2.05, 4.69) is 10.6 Å². The fraction of sp³-hybridized carbons (Fsp3) is 0.467. The molecule has 3 unspecified atom stereocenters. The number of ether oxygens (including phenoxy) is 1. The smallest absolute Gasteiger partial charge is 0.340 e. The van der Waals surface area contributed by atoms with E-state index in [0.717, 1.165) is 19.3 Å². The fourth-order valence-corrected chi connectivity index (χ4v) is 3.42. The van der Waals surface area contributed by atoms with Gasteiger partial charge in [-0.05, 0) is 37.5 Å². The number of anilines is 1. The van der Waals surface area contributed by atoms with Crippen molar-refractivity contribution in [3.05, 3.63) is 28.8 Å². The van der Waals surface area contributed by atoms with Gasteiger partial charge in [-0.1, -0.05) is 11.6 Å². The van der Waals surface area contributed by atoms with Gasteiger partial charge >= 0.3 is 5.97 Å². The summed E-state index contributed by atoms with van der Waals surface area (Å²) in [5.41, 5.74) is 0.716. The van der Waals surface area contributed by atoms with Crippen molar-refractivity contribution in [1.29, 1.82) is 0 Å². The van der Waals surface area contributed by atoms with Crippen LogP contribution in [0.15, 0.2) is 18.2 Å². The molecule has 2 saturated heterocycles. The summed E-state index contributed by atoms with van der Waals surface area (Å²) in [6, 6.07) is 5.48. The predicted molar refractivity (Wildman–Crippen MR) is 79.5 cm³/mol. The van der Waals surface area contributed by atoms with Crippen molar-refractivity contribution < 1.29 is 14.3 Å². The van der Waals surface area contributed by atoms with E-state index in [0.29, 0.717) is 16.8 Å². The number of carbonyl (C=O) groups is 2. The van der Waals surface area contributed by atoms with Crippen molar-refractivity contribution in [2.45, 2.75) is 31.3 Å². The number of rotatable bonds is 3. The zero-order chi connectivity index (χ0) is 15.0. The molecular formula is C15H17ClN2O3. The number of hydrogen-bond acceptors (Lipinski definition) is 4. The molecule has 0 spiro atoms. The molecular weight excluding hydrogens is 292 g/mol. The van der Waals surface area contributed by atoms with Gasteiger partial charge in [0.15, 0.2) is 0 Å². The molecule has 1 aromatic rings. The zero-order valence-corrected chi connectivity index (χ0v) is 12.4. The van der Waals surface area contributed by atoms with Crippen LogP contribution in [0, 0.1) is 5.92 Å². The third kappa shape index (κ3) is 2.76. The van der Waals surface area contributed by atoms with Gasteiger partial charge in [0, 0.05) is 17.1 Å². The van der Waals surface area contributed by atoms with Crippen LogP contribution in [0.5, 0.6) is 0 Å². The molecule has 2 N–H and O–H groups in total. The number of benzene rings is 1. The number of fused-ring (bicyclic) bond motifs is 2. The summed E-state index contributed by atoms with van der Waals surface area (Å²) in [4.78, 5) is 24.2. The molecule has 5 nitrogen and oxygen atoms in total. The normalized spacial score (nSPS) is 26.7. The highest BCUT2D eigenvalue weighted by Crippen LogP contribution is 2.34. The van der Waals surface area contributed by atoms with Crippen molar-refractivity contribution in [2.75, 3.05) is 12.4 Å². The summed E-state index contributed by atoms with van der Waals surface area (Å²) in [6.45, 7) is 0. The number of halogens is 1. The SMILES string of the molecule is COC(=O)c1cc(Cl)ccc1NC(=O)C1CC2CCC1N2. The number of esters is 1. The molecule has 0 aromatic heterocycles. The summed E-state index contributed by atoms with van der Waals surface area (Å²) in [7, 11) is 1.30. The predicted octanol–water partition coefficient (Wildman–Crippen LogP) is 2.21. The van der Waals surface area contributed by atoms with Crippen molar-refractivity contribution in [1.82, 2.24) is 5.32 Å². The Bertz CT molecular complexity index is 590. The molecule has 112 valence electrons. The first-order valence-electron chi connectivity index (χ1n) is 7.03. The first kappa shape index (κ1) is 14.4. The number of hydrogen-bond donors (Lipinski definition) is 2. The second-order valence-electron chi connectivity index (χ2n) is 5.56. The Balaban J connectivity index is 1.78. The van der Waals surface area contributed by atoms with Crippen molar-refractivity contribution >= 4 is 29.2 Å². The summed E-state index contributed by atoms with van der Waals surface area (Å²) in [5.74, 6) is -0.606. The molecule has 6 heteroatoms. The minimum atomic E-state index is -0.515. The molecule has 3 atom stereocenters. The van der Waals surface area contributed by atoms with E-state index in [1.807, 2.05) is 0 Å². The van der Waals surface area contributed by atoms with Crippen LogP contribution in [0.25, 0.3) is 0 Å². The maximum absolute atomic E-state index is 12.4. The first-order chi connectivity index (χ1) is 10.1. The van der Waals surface area contributed by atoms with E-state index in [1.165, 1.54) is 13.2 Å². The standard InChI is InChI=1S/C15H17ClN2O3/c1-21-15(20)11-6-8(16)2-4-13(11)18-14(19)10-7-9-3-5-12(10)17-9/h2,4,6,9-10,12,17H,3,5,7H2,1H3,(H,18,19). The number of carbonyl (C=O) groups excluding carboxylic acids is 2. The zero-order valence-electron chi connectivity index (χ0n) is 11.7. The van der Waals surface area contributed by atoms with Gasteiger partial charge < -0.3 is 15.4 Å². The van der Waals surface area contributed by atoms with Crippen LogP contribution in [-0.4, -0.2) is 31.1 Å².